The van der Waals surface area contributed by atoms with E-state index in [0.29, 0.717) is 6.54 Å². The maximum atomic E-state index is 10.3. The van der Waals surface area contributed by atoms with Gasteiger partial charge in [-0.15, -0.1) is 0 Å². The Bertz CT molecular complexity index is 655. The third-order valence-electron chi connectivity index (χ3n) is 4.35. The highest BCUT2D eigenvalue weighted by Crippen LogP contribution is 2.24. The van der Waals surface area contributed by atoms with Crippen molar-refractivity contribution in [3.05, 3.63) is 51.8 Å². The zero-order valence-electron chi connectivity index (χ0n) is 13.0. The number of β-amino-alcohol motifs (C(OH)–C–C–N with tert-alkyl or cyclic N) is 1. The van der Waals surface area contributed by atoms with Crippen molar-refractivity contribution in [3.63, 3.8) is 0 Å². The molecule has 0 radical (unpaired) electrons. The molecule has 0 amide bonds. The Morgan fingerprint density at radius 1 is 1.32 bits per heavy atom. The first-order valence-corrected chi connectivity index (χ1v) is 8.05. The number of likely N-dealkylation sites (tertiary alicyclic amines) is 1. The number of benzene rings is 1. The SMILES string of the molecule is Cc1cc(CC2CN(Cc3ccc(C)c(Cl)c3)CC2O)n[nH]1. The summed E-state index contributed by atoms with van der Waals surface area (Å²) in [5.74, 6) is 0.239. The number of nitrogens with zero attached hydrogens (tertiary/aromatic N) is 2. The van der Waals surface area contributed by atoms with Gasteiger partial charge in [0.2, 0.25) is 0 Å². The predicted octanol–water partition coefficient (Wildman–Crippen LogP) is 2.72. The van der Waals surface area contributed by atoms with E-state index in [1.54, 1.807) is 0 Å². The van der Waals surface area contributed by atoms with Gasteiger partial charge in [0.25, 0.3) is 0 Å². The molecule has 1 fully saturated rings. The van der Waals surface area contributed by atoms with E-state index < -0.39 is 0 Å². The smallest absolute Gasteiger partial charge is 0.0711 e. The Morgan fingerprint density at radius 2 is 2.14 bits per heavy atom. The highest BCUT2D eigenvalue weighted by molar-refractivity contribution is 6.31. The van der Waals surface area contributed by atoms with Gasteiger partial charge in [0.15, 0.2) is 0 Å². The number of halogens is 1. The lowest BCUT2D eigenvalue weighted by atomic mass is 10.0. The summed E-state index contributed by atoms with van der Waals surface area (Å²) in [6.45, 7) is 6.42. The Kier molecular flexibility index (Phi) is 4.52. The third-order valence-corrected chi connectivity index (χ3v) is 4.76. The van der Waals surface area contributed by atoms with Gasteiger partial charge < -0.3 is 5.11 Å². The van der Waals surface area contributed by atoms with E-state index >= 15 is 0 Å². The van der Waals surface area contributed by atoms with Gasteiger partial charge in [-0.25, -0.2) is 0 Å². The molecule has 0 aliphatic carbocycles. The van der Waals surface area contributed by atoms with Crippen LogP contribution in [0.2, 0.25) is 5.02 Å². The summed E-state index contributed by atoms with van der Waals surface area (Å²) >= 11 is 6.19. The van der Waals surface area contributed by atoms with E-state index in [9.17, 15) is 5.11 Å². The van der Waals surface area contributed by atoms with Crippen LogP contribution in [0.15, 0.2) is 24.3 Å². The molecule has 2 atom stereocenters. The maximum Gasteiger partial charge on any atom is 0.0711 e. The van der Waals surface area contributed by atoms with Gasteiger partial charge >= 0.3 is 0 Å². The number of aromatic amines is 1. The number of aryl methyl sites for hydroxylation is 2. The van der Waals surface area contributed by atoms with Crippen molar-refractivity contribution < 1.29 is 5.11 Å². The van der Waals surface area contributed by atoms with Crippen molar-refractivity contribution in [1.82, 2.24) is 15.1 Å². The number of H-pyrrole nitrogens is 1. The highest BCUT2D eigenvalue weighted by atomic mass is 35.5. The quantitative estimate of drug-likeness (QED) is 0.911. The van der Waals surface area contributed by atoms with Gasteiger partial charge in [-0.05, 0) is 43.5 Å². The van der Waals surface area contributed by atoms with Crippen molar-refractivity contribution >= 4 is 11.6 Å². The number of hydrogen-bond donors (Lipinski definition) is 2. The van der Waals surface area contributed by atoms with E-state index in [0.717, 1.165) is 41.5 Å². The van der Waals surface area contributed by atoms with Crippen molar-refractivity contribution in [1.29, 1.82) is 0 Å². The largest absolute Gasteiger partial charge is 0.391 e. The van der Waals surface area contributed by atoms with Gasteiger partial charge in [0.05, 0.1) is 11.8 Å². The number of hydrogen-bond acceptors (Lipinski definition) is 3. The monoisotopic (exact) mass is 319 g/mol. The van der Waals surface area contributed by atoms with Gasteiger partial charge in [0, 0.05) is 36.3 Å². The molecule has 2 unspecified atom stereocenters. The van der Waals surface area contributed by atoms with Crippen LogP contribution >= 0.6 is 11.6 Å². The molecule has 2 aromatic rings. The van der Waals surface area contributed by atoms with E-state index in [1.165, 1.54) is 5.56 Å². The van der Waals surface area contributed by atoms with Gasteiger partial charge in [-0.3, -0.25) is 10.00 Å². The first kappa shape index (κ1) is 15.5. The lowest BCUT2D eigenvalue weighted by Crippen LogP contribution is -2.21. The lowest BCUT2D eigenvalue weighted by Gasteiger charge is -2.16. The standard InChI is InChI=1S/C17H22ClN3O/c1-11-3-4-13(6-16(11)18)8-21-9-14(17(22)10-21)7-15-5-12(2)19-20-15/h3-6,14,17,22H,7-10H2,1-2H3,(H,19,20). The van der Waals surface area contributed by atoms with Crippen LogP contribution in [-0.2, 0) is 13.0 Å². The minimum Gasteiger partial charge on any atom is -0.391 e. The van der Waals surface area contributed by atoms with E-state index in [-0.39, 0.29) is 12.0 Å². The molecule has 0 saturated carbocycles. The number of nitrogens with one attached hydrogen (secondary N) is 1. The van der Waals surface area contributed by atoms with Crippen LogP contribution in [-0.4, -0.2) is 39.4 Å². The minimum absolute atomic E-state index is 0.239. The average Bonchev–Trinajstić information content (AvgIpc) is 3.01. The van der Waals surface area contributed by atoms with Crippen molar-refractivity contribution in [2.24, 2.45) is 5.92 Å². The summed E-state index contributed by atoms with van der Waals surface area (Å²) in [6.07, 6.45) is 0.523. The van der Waals surface area contributed by atoms with Crippen molar-refractivity contribution in [3.8, 4) is 0 Å². The van der Waals surface area contributed by atoms with E-state index in [2.05, 4.69) is 27.2 Å². The summed E-state index contributed by atoms with van der Waals surface area (Å²) in [7, 11) is 0. The Labute approximate surface area is 136 Å². The number of aliphatic hydroxyl groups is 1. The van der Waals surface area contributed by atoms with E-state index in [1.807, 2.05) is 26.0 Å². The molecular weight excluding hydrogens is 298 g/mol. The second-order valence-corrected chi connectivity index (χ2v) is 6.76. The van der Waals surface area contributed by atoms with Crippen LogP contribution < -0.4 is 0 Å². The molecule has 22 heavy (non-hydrogen) atoms. The third kappa shape index (κ3) is 3.51. The van der Waals surface area contributed by atoms with Gasteiger partial charge in [-0.1, -0.05) is 23.7 Å². The Balaban J connectivity index is 1.61. The molecule has 2 heterocycles. The van der Waals surface area contributed by atoms with Crippen molar-refractivity contribution in [2.45, 2.75) is 32.9 Å². The molecular formula is C17H22ClN3O. The normalized spacial score (nSPS) is 22.4. The lowest BCUT2D eigenvalue weighted by molar-refractivity contribution is 0.140. The first-order valence-electron chi connectivity index (χ1n) is 7.67. The molecule has 3 rings (SSSR count). The van der Waals surface area contributed by atoms with Gasteiger partial charge in [-0.2, -0.15) is 5.10 Å². The summed E-state index contributed by atoms with van der Waals surface area (Å²) in [4.78, 5) is 2.29. The fraction of sp³-hybridized carbons (Fsp3) is 0.471. The summed E-state index contributed by atoms with van der Waals surface area (Å²) in [5.41, 5.74) is 4.38. The van der Waals surface area contributed by atoms with Crippen LogP contribution in [0.4, 0.5) is 0 Å². The van der Waals surface area contributed by atoms with Crippen LogP contribution in [0.25, 0.3) is 0 Å². The predicted molar refractivity (Wildman–Crippen MR) is 88.0 cm³/mol. The molecule has 1 aliphatic rings. The Hall–Kier alpha value is -1.36. The first-order chi connectivity index (χ1) is 10.5. The topological polar surface area (TPSA) is 52.1 Å². The average molecular weight is 320 g/mol. The zero-order chi connectivity index (χ0) is 15.7. The molecule has 5 heteroatoms. The van der Waals surface area contributed by atoms with Gasteiger partial charge in [0.1, 0.15) is 0 Å². The Morgan fingerprint density at radius 3 is 2.82 bits per heavy atom. The second-order valence-electron chi connectivity index (χ2n) is 6.35. The molecule has 118 valence electrons. The van der Waals surface area contributed by atoms with Crippen LogP contribution in [0.1, 0.15) is 22.5 Å². The molecule has 1 aromatic heterocycles. The molecule has 0 spiro atoms. The molecule has 2 N–H and O–H groups in total. The summed E-state index contributed by atoms with van der Waals surface area (Å²) < 4.78 is 0. The molecule has 4 nitrogen and oxygen atoms in total. The van der Waals surface area contributed by atoms with Crippen LogP contribution in [0.5, 0.6) is 0 Å². The minimum atomic E-state index is -0.294. The number of aliphatic hydroxyl groups excluding tert-OH is 1. The van der Waals surface area contributed by atoms with Crippen LogP contribution in [0, 0.1) is 19.8 Å². The van der Waals surface area contributed by atoms with Crippen molar-refractivity contribution in [2.75, 3.05) is 13.1 Å². The maximum absolute atomic E-state index is 10.3. The zero-order valence-corrected chi connectivity index (χ0v) is 13.8. The van der Waals surface area contributed by atoms with E-state index in [4.69, 9.17) is 11.6 Å². The number of aromatic nitrogens is 2. The second kappa shape index (κ2) is 6.41. The molecule has 1 aliphatic heterocycles. The highest BCUT2D eigenvalue weighted by Gasteiger charge is 2.31. The molecule has 1 saturated heterocycles. The van der Waals surface area contributed by atoms with Crippen LogP contribution in [0.3, 0.4) is 0 Å². The summed E-state index contributed by atoms with van der Waals surface area (Å²) in [5, 5.41) is 18.3. The summed E-state index contributed by atoms with van der Waals surface area (Å²) in [6, 6.07) is 8.23. The fourth-order valence-corrected chi connectivity index (χ4v) is 3.31. The molecule has 0 bridgehead atoms. The molecule has 1 aromatic carbocycles. The fourth-order valence-electron chi connectivity index (χ4n) is 3.11. The number of rotatable bonds is 4.